The molecular weight excluding hydrogens is 272 g/mol. The molecule has 2 aromatic carbocycles. The summed E-state index contributed by atoms with van der Waals surface area (Å²) in [6, 6.07) is 13.2. The summed E-state index contributed by atoms with van der Waals surface area (Å²) in [6.07, 6.45) is 0. The van der Waals surface area contributed by atoms with Crippen molar-refractivity contribution < 1.29 is 0 Å². The molecule has 0 atom stereocenters. The molecule has 1 heteroatoms. The van der Waals surface area contributed by atoms with E-state index >= 15 is 0 Å². The number of benzene rings is 2. The van der Waals surface area contributed by atoms with E-state index in [4.69, 9.17) is 0 Å². The minimum atomic E-state index is 0.0475. The molecule has 0 N–H and O–H groups in total. The van der Waals surface area contributed by atoms with Crippen molar-refractivity contribution in [2.24, 2.45) is 0 Å². The summed E-state index contributed by atoms with van der Waals surface area (Å²) in [5.74, 6) is 0. The second kappa shape index (κ2) is 3.70. The maximum absolute atomic E-state index is 2.34. The molecule has 0 aliphatic heterocycles. The Morgan fingerprint density at radius 1 is 1.00 bits per heavy atom. The first-order valence-electron chi connectivity index (χ1n) is 4.35. The maximum atomic E-state index is 2.34. The van der Waals surface area contributed by atoms with Gasteiger partial charge in [0.1, 0.15) is 0 Å². The third-order valence-electron chi connectivity index (χ3n) is 2.37. The molecular formula is C12H12Te. The zero-order chi connectivity index (χ0) is 9.26. The van der Waals surface area contributed by atoms with Crippen molar-refractivity contribution >= 4 is 35.3 Å². The predicted octanol–water partition coefficient (Wildman–Crippen LogP) is 2.53. The summed E-state index contributed by atoms with van der Waals surface area (Å²) in [7, 11) is 0. The fraction of sp³-hybridized carbons (Fsp3) is 0.167. The van der Waals surface area contributed by atoms with Gasteiger partial charge in [0.15, 0.2) is 0 Å². The molecule has 0 saturated carbocycles. The van der Waals surface area contributed by atoms with Crippen LogP contribution in [0.5, 0.6) is 0 Å². The molecule has 0 aromatic heterocycles. The van der Waals surface area contributed by atoms with Crippen molar-refractivity contribution in [3.8, 4) is 0 Å². The van der Waals surface area contributed by atoms with E-state index in [9.17, 15) is 0 Å². The number of hydrogen-bond acceptors (Lipinski definition) is 0. The van der Waals surface area contributed by atoms with Crippen molar-refractivity contribution in [3.63, 3.8) is 0 Å². The zero-order valence-electron chi connectivity index (χ0n) is 7.87. The molecule has 66 valence electrons. The molecule has 0 spiro atoms. The zero-order valence-corrected chi connectivity index (χ0v) is 10.2. The van der Waals surface area contributed by atoms with Crippen LogP contribution in [0.15, 0.2) is 36.4 Å². The van der Waals surface area contributed by atoms with Gasteiger partial charge in [0.2, 0.25) is 0 Å². The van der Waals surface area contributed by atoms with Gasteiger partial charge >= 0.3 is 89.2 Å². The Bertz CT molecular complexity index is 432. The van der Waals surface area contributed by atoms with E-state index in [0.717, 1.165) is 0 Å². The third kappa shape index (κ3) is 1.59. The number of rotatable bonds is 1. The van der Waals surface area contributed by atoms with E-state index in [1.54, 1.807) is 3.61 Å². The second-order valence-corrected chi connectivity index (χ2v) is 5.53. The van der Waals surface area contributed by atoms with E-state index < -0.39 is 0 Å². The van der Waals surface area contributed by atoms with Gasteiger partial charge in [-0.2, -0.15) is 0 Å². The molecule has 13 heavy (non-hydrogen) atoms. The SMILES string of the molecule is C[Te]c1ccc2ccccc2c1C. The van der Waals surface area contributed by atoms with Gasteiger partial charge in [-0.25, -0.2) is 0 Å². The Morgan fingerprint density at radius 3 is 2.54 bits per heavy atom. The molecule has 2 aromatic rings. The third-order valence-corrected chi connectivity index (χ3v) is 4.89. The van der Waals surface area contributed by atoms with E-state index in [2.05, 4.69) is 48.3 Å². The van der Waals surface area contributed by atoms with E-state index in [-0.39, 0.29) is 20.9 Å². The van der Waals surface area contributed by atoms with E-state index in [0.29, 0.717) is 0 Å². The van der Waals surface area contributed by atoms with Gasteiger partial charge in [-0.3, -0.25) is 0 Å². The summed E-state index contributed by atoms with van der Waals surface area (Å²) < 4.78 is 1.59. The Labute approximate surface area is 89.0 Å². The molecule has 0 saturated heterocycles. The summed E-state index contributed by atoms with van der Waals surface area (Å²) in [6.45, 7) is 2.24. The van der Waals surface area contributed by atoms with Crippen LogP contribution in [-0.2, 0) is 0 Å². The molecule has 0 nitrogen and oxygen atoms in total. The molecule has 0 bridgehead atoms. The molecule has 0 heterocycles. The molecule has 0 fully saturated rings. The van der Waals surface area contributed by atoms with Gasteiger partial charge in [-0.15, -0.1) is 0 Å². The van der Waals surface area contributed by atoms with Crippen molar-refractivity contribution in [1.29, 1.82) is 0 Å². The van der Waals surface area contributed by atoms with Crippen LogP contribution in [0.3, 0.4) is 0 Å². The average Bonchev–Trinajstić information content (AvgIpc) is 2.19. The normalized spacial score (nSPS) is 10.6. The number of aryl methyl sites for hydroxylation is 1. The standard InChI is InChI=1S/C12H12Te/c1-9-11-6-4-3-5-10(11)7-8-12(9)13-2/h3-8H,1-2H3. The molecule has 0 aliphatic carbocycles. The summed E-state index contributed by atoms with van der Waals surface area (Å²) in [5, 5.41) is 2.79. The second-order valence-electron chi connectivity index (χ2n) is 3.11. The van der Waals surface area contributed by atoms with E-state index in [1.165, 1.54) is 16.3 Å². The minimum absolute atomic E-state index is 0.0475. The molecule has 0 aliphatic rings. The topological polar surface area (TPSA) is 0 Å². The van der Waals surface area contributed by atoms with Crippen molar-refractivity contribution in [3.05, 3.63) is 42.0 Å². The van der Waals surface area contributed by atoms with Crippen molar-refractivity contribution in [2.45, 2.75) is 11.9 Å². The van der Waals surface area contributed by atoms with Crippen LogP contribution >= 0.6 is 0 Å². The predicted molar refractivity (Wildman–Crippen MR) is 59.9 cm³/mol. The Hall–Kier alpha value is -0.510. The van der Waals surface area contributed by atoms with Crippen LogP contribution in [0.25, 0.3) is 10.8 Å². The van der Waals surface area contributed by atoms with Gasteiger partial charge in [0.25, 0.3) is 0 Å². The Kier molecular flexibility index (Phi) is 2.58. The van der Waals surface area contributed by atoms with Crippen LogP contribution in [-0.4, -0.2) is 20.9 Å². The van der Waals surface area contributed by atoms with Crippen LogP contribution in [0.2, 0.25) is 4.97 Å². The van der Waals surface area contributed by atoms with Gasteiger partial charge in [0.05, 0.1) is 0 Å². The number of fused-ring (bicyclic) bond motifs is 1. The van der Waals surface area contributed by atoms with E-state index in [1.807, 2.05) is 0 Å². The fourth-order valence-electron chi connectivity index (χ4n) is 1.63. The van der Waals surface area contributed by atoms with Crippen molar-refractivity contribution in [1.82, 2.24) is 0 Å². The van der Waals surface area contributed by atoms with Crippen LogP contribution < -0.4 is 3.61 Å². The quantitative estimate of drug-likeness (QED) is 0.706. The van der Waals surface area contributed by atoms with Gasteiger partial charge in [-0.05, 0) is 0 Å². The first-order valence-corrected chi connectivity index (χ1v) is 7.85. The van der Waals surface area contributed by atoms with Crippen molar-refractivity contribution in [2.75, 3.05) is 0 Å². The first-order chi connectivity index (χ1) is 6.33. The molecule has 0 radical (unpaired) electrons. The summed E-state index contributed by atoms with van der Waals surface area (Å²) in [5.41, 5.74) is 1.49. The molecule has 2 rings (SSSR count). The molecule has 0 unspecified atom stereocenters. The first kappa shape index (κ1) is 9.06. The Balaban J connectivity index is 2.79. The summed E-state index contributed by atoms with van der Waals surface area (Å²) in [4.78, 5) is 2.34. The average molecular weight is 284 g/mol. The Morgan fingerprint density at radius 2 is 1.77 bits per heavy atom. The fourth-order valence-corrected chi connectivity index (χ4v) is 3.40. The van der Waals surface area contributed by atoms with Crippen LogP contribution in [0.1, 0.15) is 5.56 Å². The summed E-state index contributed by atoms with van der Waals surface area (Å²) >= 11 is 0.0475. The van der Waals surface area contributed by atoms with Crippen LogP contribution in [0.4, 0.5) is 0 Å². The monoisotopic (exact) mass is 286 g/mol. The van der Waals surface area contributed by atoms with Gasteiger partial charge in [0, 0.05) is 0 Å². The van der Waals surface area contributed by atoms with Crippen LogP contribution in [0, 0.1) is 6.92 Å². The molecule has 0 amide bonds. The van der Waals surface area contributed by atoms with Gasteiger partial charge in [-0.1, -0.05) is 0 Å². The van der Waals surface area contributed by atoms with Gasteiger partial charge < -0.3 is 0 Å². The number of hydrogen-bond donors (Lipinski definition) is 0.